The Morgan fingerprint density at radius 1 is 1.48 bits per heavy atom. The molecule has 1 aliphatic heterocycles. The standard InChI is InChI=1S/C15H22N4O5S/c1-11-13(19(21)22)5-2-6-14(11)25(23,24)18-9-3-4-12(10-18)15(20)17-8-7-16/h2,5-6,12H,3-4,7-10,16H2,1H3,(H,17,20). The molecule has 10 heteroatoms. The van der Waals surface area contributed by atoms with E-state index in [0.717, 1.165) is 0 Å². The smallest absolute Gasteiger partial charge is 0.273 e. The summed E-state index contributed by atoms with van der Waals surface area (Å²) in [7, 11) is -3.91. The van der Waals surface area contributed by atoms with Crippen LogP contribution in [0.5, 0.6) is 0 Å². The summed E-state index contributed by atoms with van der Waals surface area (Å²) < 4.78 is 27.1. The van der Waals surface area contributed by atoms with Crippen molar-refractivity contribution >= 4 is 21.6 Å². The van der Waals surface area contributed by atoms with Crippen LogP contribution in [0, 0.1) is 23.0 Å². The van der Waals surface area contributed by atoms with E-state index in [4.69, 9.17) is 5.73 Å². The van der Waals surface area contributed by atoms with Crippen molar-refractivity contribution < 1.29 is 18.1 Å². The predicted octanol–water partition coefficient (Wildman–Crippen LogP) is 0.379. The van der Waals surface area contributed by atoms with Crippen LogP contribution in [0.25, 0.3) is 0 Å². The van der Waals surface area contributed by atoms with Crippen molar-refractivity contribution in [2.45, 2.75) is 24.7 Å². The molecule has 1 saturated heterocycles. The van der Waals surface area contributed by atoms with Gasteiger partial charge in [-0.2, -0.15) is 4.31 Å². The van der Waals surface area contributed by atoms with Crippen molar-refractivity contribution in [3.63, 3.8) is 0 Å². The zero-order valence-corrected chi connectivity index (χ0v) is 14.8. The molecule has 0 bridgehead atoms. The molecule has 9 nitrogen and oxygen atoms in total. The molecule has 1 heterocycles. The summed E-state index contributed by atoms with van der Waals surface area (Å²) in [5.41, 5.74) is 5.22. The van der Waals surface area contributed by atoms with E-state index in [2.05, 4.69) is 5.32 Å². The van der Waals surface area contributed by atoms with Gasteiger partial charge >= 0.3 is 0 Å². The molecular formula is C15H22N4O5S. The van der Waals surface area contributed by atoms with E-state index in [-0.39, 0.29) is 35.1 Å². The Kier molecular flexibility index (Phi) is 6.09. The second-order valence-electron chi connectivity index (χ2n) is 5.94. The lowest BCUT2D eigenvalue weighted by molar-refractivity contribution is -0.385. The van der Waals surface area contributed by atoms with Gasteiger partial charge in [0.1, 0.15) is 0 Å². The summed E-state index contributed by atoms with van der Waals surface area (Å²) in [6.07, 6.45) is 1.14. The lowest BCUT2D eigenvalue weighted by Crippen LogP contribution is -2.46. The van der Waals surface area contributed by atoms with Crippen LogP contribution in [0.4, 0.5) is 5.69 Å². The Hall–Kier alpha value is -2.04. The van der Waals surface area contributed by atoms with Gasteiger partial charge < -0.3 is 11.1 Å². The number of amides is 1. The van der Waals surface area contributed by atoms with Gasteiger partial charge in [0.2, 0.25) is 15.9 Å². The summed E-state index contributed by atoms with van der Waals surface area (Å²) in [6.45, 7) is 2.41. The SMILES string of the molecule is Cc1c([N+](=O)[O-])cccc1S(=O)(=O)N1CCCC(C(=O)NCCN)C1. The molecule has 138 valence electrons. The zero-order valence-electron chi connectivity index (χ0n) is 14.0. The second kappa shape index (κ2) is 7.89. The molecule has 1 aromatic carbocycles. The molecule has 1 aliphatic rings. The molecular weight excluding hydrogens is 348 g/mol. The average Bonchev–Trinajstić information content (AvgIpc) is 2.59. The molecule has 25 heavy (non-hydrogen) atoms. The van der Waals surface area contributed by atoms with E-state index in [1.165, 1.54) is 29.4 Å². The molecule has 1 aromatic rings. The number of nitro benzene ring substituents is 1. The van der Waals surface area contributed by atoms with E-state index in [0.29, 0.717) is 25.9 Å². The van der Waals surface area contributed by atoms with Gasteiger partial charge in [0.15, 0.2) is 0 Å². The first kappa shape index (κ1) is 19.3. The van der Waals surface area contributed by atoms with E-state index < -0.39 is 20.9 Å². The quantitative estimate of drug-likeness (QED) is 0.549. The maximum Gasteiger partial charge on any atom is 0.273 e. The number of carbonyl (C=O) groups excluding carboxylic acids is 1. The fourth-order valence-corrected chi connectivity index (χ4v) is 4.70. The first-order valence-corrected chi connectivity index (χ1v) is 9.45. The summed E-state index contributed by atoms with van der Waals surface area (Å²) in [5, 5.41) is 13.7. The van der Waals surface area contributed by atoms with Gasteiger partial charge in [-0.25, -0.2) is 8.42 Å². The third-order valence-electron chi connectivity index (χ3n) is 4.27. The molecule has 1 unspecified atom stereocenters. The first-order valence-electron chi connectivity index (χ1n) is 8.01. The van der Waals surface area contributed by atoms with Gasteiger partial charge in [0.25, 0.3) is 5.69 Å². The Bertz CT molecular complexity index is 765. The van der Waals surface area contributed by atoms with E-state index in [1.54, 1.807) is 0 Å². The number of hydrogen-bond acceptors (Lipinski definition) is 6. The third kappa shape index (κ3) is 4.14. The van der Waals surface area contributed by atoms with Crippen molar-refractivity contribution in [3.8, 4) is 0 Å². The highest BCUT2D eigenvalue weighted by molar-refractivity contribution is 7.89. The molecule has 0 radical (unpaired) electrons. The second-order valence-corrected chi connectivity index (χ2v) is 7.85. The minimum atomic E-state index is -3.91. The van der Waals surface area contributed by atoms with Crippen molar-refractivity contribution in [1.29, 1.82) is 0 Å². The Balaban J connectivity index is 2.26. The van der Waals surface area contributed by atoms with Gasteiger partial charge in [-0.1, -0.05) is 6.07 Å². The molecule has 0 aliphatic carbocycles. The van der Waals surface area contributed by atoms with E-state index in [1.807, 2.05) is 0 Å². The molecule has 0 aromatic heterocycles. The maximum absolute atomic E-state index is 12.9. The van der Waals surface area contributed by atoms with Crippen molar-refractivity contribution in [1.82, 2.24) is 9.62 Å². The van der Waals surface area contributed by atoms with E-state index >= 15 is 0 Å². The van der Waals surface area contributed by atoms with E-state index in [9.17, 15) is 23.3 Å². The van der Waals surface area contributed by atoms with Crippen LogP contribution in [0.2, 0.25) is 0 Å². The minimum absolute atomic E-state index is 0.0564. The van der Waals surface area contributed by atoms with Gasteiger partial charge in [0, 0.05) is 37.8 Å². The van der Waals surface area contributed by atoms with Crippen LogP contribution in [0.15, 0.2) is 23.1 Å². The number of nitrogens with one attached hydrogen (secondary N) is 1. The monoisotopic (exact) mass is 370 g/mol. The van der Waals surface area contributed by atoms with Crippen LogP contribution >= 0.6 is 0 Å². The summed E-state index contributed by atoms with van der Waals surface area (Å²) in [4.78, 5) is 22.5. The topological polar surface area (TPSA) is 136 Å². The van der Waals surface area contributed by atoms with Gasteiger partial charge in [-0.15, -0.1) is 0 Å². The number of carbonyl (C=O) groups is 1. The summed E-state index contributed by atoms with van der Waals surface area (Å²) >= 11 is 0. The average molecular weight is 370 g/mol. The molecule has 2 rings (SSSR count). The third-order valence-corrected chi connectivity index (χ3v) is 6.28. The van der Waals surface area contributed by atoms with Crippen LogP contribution in [-0.4, -0.2) is 49.7 Å². The number of hydrogen-bond donors (Lipinski definition) is 2. The fraction of sp³-hybridized carbons (Fsp3) is 0.533. The number of nitro groups is 1. The number of piperidine rings is 1. The highest BCUT2D eigenvalue weighted by atomic mass is 32.2. The Labute approximate surface area is 146 Å². The lowest BCUT2D eigenvalue weighted by atomic mass is 9.99. The van der Waals surface area contributed by atoms with Crippen molar-refractivity contribution in [3.05, 3.63) is 33.9 Å². The largest absolute Gasteiger partial charge is 0.355 e. The highest BCUT2D eigenvalue weighted by Gasteiger charge is 2.35. The van der Waals surface area contributed by atoms with Crippen molar-refractivity contribution in [2.24, 2.45) is 11.7 Å². The van der Waals surface area contributed by atoms with Crippen LogP contribution in [-0.2, 0) is 14.8 Å². The summed E-state index contributed by atoms with van der Waals surface area (Å²) in [6, 6.07) is 3.98. The number of nitrogens with zero attached hydrogens (tertiary/aromatic N) is 2. The minimum Gasteiger partial charge on any atom is -0.355 e. The molecule has 1 amide bonds. The van der Waals surface area contributed by atoms with Gasteiger partial charge in [-0.3, -0.25) is 14.9 Å². The van der Waals surface area contributed by atoms with Crippen molar-refractivity contribution in [2.75, 3.05) is 26.2 Å². The Morgan fingerprint density at radius 2 is 2.20 bits per heavy atom. The number of sulfonamides is 1. The fourth-order valence-electron chi connectivity index (χ4n) is 2.93. The Morgan fingerprint density at radius 3 is 2.84 bits per heavy atom. The zero-order chi connectivity index (χ0) is 18.6. The number of rotatable bonds is 6. The molecule has 1 atom stereocenters. The molecule has 3 N–H and O–H groups in total. The normalized spacial score (nSPS) is 18.7. The number of benzene rings is 1. The molecule has 0 saturated carbocycles. The highest BCUT2D eigenvalue weighted by Crippen LogP contribution is 2.29. The van der Waals surface area contributed by atoms with Crippen LogP contribution in [0.3, 0.4) is 0 Å². The van der Waals surface area contributed by atoms with Gasteiger partial charge in [-0.05, 0) is 25.8 Å². The van der Waals surface area contributed by atoms with Gasteiger partial charge in [0.05, 0.1) is 15.7 Å². The summed E-state index contributed by atoms with van der Waals surface area (Å²) in [5.74, 6) is -0.671. The van der Waals surface area contributed by atoms with Crippen LogP contribution in [0.1, 0.15) is 18.4 Å². The lowest BCUT2D eigenvalue weighted by Gasteiger charge is -2.31. The van der Waals surface area contributed by atoms with Crippen LogP contribution < -0.4 is 11.1 Å². The molecule has 0 spiro atoms. The first-order chi connectivity index (χ1) is 11.8. The molecule has 1 fully saturated rings. The number of nitrogens with two attached hydrogens (primary N) is 1. The predicted molar refractivity (Wildman–Crippen MR) is 91.4 cm³/mol. The maximum atomic E-state index is 12.9.